The summed E-state index contributed by atoms with van der Waals surface area (Å²) in [7, 11) is 1.71. The van der Waals surface area contributed by atoms with E-state index in [4.69, 9.17) is 4.74 Å². The zero-order chi connectivity index (χ0) is 12.4. The summed E-state index contributed by atoms with van der Waals surface area (Å²) in [6.07, 6.45) is 0. The normalized spacial score (nSPS) is 12.5. The standard InChI is InChI=1S/C14H15BrOS/c1-9-4-6-11(8-12(9)16-3)14(15)13-7-5-10(2)17-13/h4-8,14H,1-3H3. The second kappa shape index (κ2) is 5.23. The van der Waals surface area contributed by atoms with Gasteiger partial charge >= 0.3 is 0 Å². The molecule has 0 amide bonds. The molecule has 0 bridgehead atoms. The van der Waals surface area contributed by atoms with Crippen molar-refractivity contribution in [3.63, 3.8) is 0 Å². The molecule has 1 atom stereocenters. The van der Waals surface area contributed by atoms with Crippen LogP contribution in [0.15, 0.2) is 30.3 Å². The molecule has 0 aliphatic carbocycles. The molecule has 1 heterocycles. The van der Waals surface area contributed by atoms with Gasteiger partial charge in [-0.2, -0.15) is 0 Å². The highest BCUT2D eigenvalue weighted by Crippen LogP contribution is 2.36. The molecule has 1 nitrogen and oxygen atoms in total. The number of hydrogen-bond donors (Lipinski definition) is 0. The summed E-state index contributed by atoms with van der Waals surface area (Å²) < 4.78 is 5.36. The van der Waals surface area contributed by atoms with Crippen molar-refractivity contribution in [3.05, 3.63) is 51.2 Å². The van der Waals surface area contributed by atoms with Gasteiger partial charge in [0, 0.05) is 9.75 Å². The van der Waals surface area contributed by atoms with Gasteiger partial charge in [-0.3, -0.25) is 0 Å². The highest BCUT2D eigenvalue weighted by atomic mass is 79.9. The fourth-order valence-electron chi connectivity index (χ4n) is 1.75. The van der Waals surface area contributed by atoms with Crippen LogP contribution in [0.3, 0.4) is 0 Å². The van der Waals surface area contributed by atoms with Gasteiger partial charge in [-0.05, 0) is 43.2 Å². The Morgan fingerprint density at radius 3 is 2.53 bits per heavy atom. The molecule has 3 heteroatoms. The fourth-order valence-corrected chi connectivity index (χ4v) is 3.35. The monoisotopic (exact) mass is 310 g/mol. The molecule has 1 aromatic heterocycles. The predicted octanol–water partition coefficient (Wildman–Crippen LogP) is 4.86. The number of thiophene rings is 1. The molecule has 0 fully saturated rings. The van der Waals surface area contributed by atoms with Crippen LogP contribution in [0.5, 0.6) is 5.75 Å². The SMILES string of the molecule is COc1cc(C(Br)c2ccc(C)s2)ccc1C. The minimum absolute atomic E-state index is 0.246. The van der Waals surface area contributed by atoms with Gasteiger partial charge in [0.05, 0.1) is 11.9 Å². The molecule has 17 heavy (non-hydrogen) atoms. The Morgan fingerprint density at radius 1 is 1.18 bits per heavy atom. The molecule has 2 rings (SSSR count). The number of methoxy groups -OCH3 is 1. The topological polar surface area (TPSA) is 9.23 Å². The van der Waals surface area contributed by atoms with Gasteiger partial charge in [-0.1, -0.05) is 28.1 Å². The number of rotatable bonds is 3. The van der Waals surface area contributed by atoms with Crippen molar-refractivity contribution in [3.8, 4) is 5.75 Å². The quantitative estimate of drug-likeness (QED) is 0.736. The third-order valence-electron chi connectivity index (χ3n) is 2.74. The Morgan fingerprint density at radius 2 is 1.94 bits per heavy atom. The van der Waals surface area contributed by atoms with Crippen molar-refractivity contribution in [2.24, 2.45) is 0 Å². The molecule has 0 radical (unpaired) electrons. The summed E-state index contributed by atoms with van der Waals surface area (Å²) in [4.78, 5) is 2.91. The van der Waals surface area contributed by atoms with Crippen LogP contribution in [0.1, 0.15) is 25.7 Å². The van der Waals surface area contributed by atoms with Crippen molar-refractivity contribution in [2.75, 3.05) is 7.11 Å². The van der Waals surface area contributed by atoms with Crippen LogP contribution in [0.4, 0.5) is 0 Å². The number of aryl methyl sites for hydroxylation is 2. The lowest BCUT2D eigenvalue weighted by Crippen LogP contribution is -1.93. The van der Waals surface area contributed by atoms with Crippen LogP contribution in [0, 0.1) is 13.8 Å². The smallest absolute Gasteiger partial charge is 0.122 e. The second-order valence-electron chi connectivity index (χ2n) is 4.04. The van der Waals surface area contributed by atoms with E-state index in [1.54, 1.807) is 7.11 Å². The molecule has 0 spiro atoms. The summed E-state index contributed by atoms with van der Waals surface area (Å²) in [5.41, 5.74) is 2.40. The Labute approximate surface area is 115 Å². The molecule has 2 aromatic rings. The van der Waals surface area contributed by atoms with Gasteiger partial charge in [0.2, 0.25) is 0 Å². The third-order valence-corrected chi connectivity index (χ3v) is 5.13. The lowest BCUT2D eigenvalue weighted by Gasteiger charge is -2.11. The lowest BCUT2D eigenvalue weighted by molar-refractivity contribution is 0.411. The van der Waals surface area contributed by atoms with E-state index in [1.165, 1.54) is 20.9 Å². The molecule has 0 N–H and O–H groups in total. The van der Waals surface area contributed by atoms with Gasteiger partial charge in [-0.25, -0.2) is 0 Å². The van der Waals surface area contributed by atoms with Gasteiger partial charge in [0.15, 0.2) is 0 Å². The van der Waals surface area contributed by atoms with Crippen molar-refractivity contribution < 1.29 is 4.74 Å². The first-order chi connectivity index (χ1) is 8.11. The van der Waals surface area contributed by atoms with Crippen LogP contribution < -0.4 is 4.74 Å². The largest absolute Gasteiger partial charge is 0.496 e. The number of hydrogen-bond acceptors (Lipinski definition) is 2. The molecule has 0 aliphatic heterocycles. The van der Waals surface area contributed by atoms with Crippen LogP contribution in [-0.4, -0.2) is 7.11 Å². The summed E-state index contributed by atoms with van der Waals surface area (Å²) in [5.74, 6) is 0.945. The Hall–Kier alpha value is -0.800. The number of alkyl halides is 1. The Kier molecular flexibility index (Phi) is 3.89. The van der Waals surface area contributed by atoms with Gasteiger partial charge in [-0.15, -0.1) is 11.3 Å². The van der Waals surface area contributed by atoms with E-state index >= 15 is 0 Å². The van der Waals surface area contributed by atoms with E-state index in [0.29, 0.717) is 0 Å². The first-order valence-corrected chi connectivity index (χ1v) is 7.20. The highest BCUT2D eigenvalue weighted by Gasteiger charge is 2.13. The van der Waals surface area contributed by atoms with Crippen LogP contribution in [0.2, 0.25) is 0 Å². The molecule has 0 saturated carbocycles. The van der Waals surface area contributed by atoms with Gasteiger partial charge in [0.1, 0.15) is 5.75 Å². The molecule has 90 valence electrons. The minimum atomic E-state index is 0.246. The molecular weight excluding hydrogens is 296 g/mol. The van der Waals surface area contributed by atoms with E-state index < -0.39 is 0 Å². The molecule has 0 aliphatic rings. The molecular formula is C14H15BrOS. The van der Waals surface area contributed by atoms with Crippen molar-refractivity contribution >= 4 is 27.3 Å². The van der Waals surface area contributed by atoms with E-state index in [-0.39, 0.29) is 4.83 Å². The van der Waals surface area contributed by atoms with E-state index in [0.717, 1.165) is 5.75 Å². The fraction of sp³-hybridized carbons (Fsp3) is 0.286. The average Bonchev–Trinajstić information content (AvgIpc) is 2.75. The van der Waals surface area contributed by atoms with E-state index in [1.807, 2.05) is 11.3 Å². The van der Waals surface area contributed by atoms with Crippen LogP contribution in [-0.2, 0) is 0 Å². The zero-order valence-corrected chi connectivity index (χ0v) is 12.6. The van der Waals surface area contributed by atoms with Crippen molar-refractivity contribution in [2.45, 2.75) is 18.7 Å². The minimum Gasteiger partial charge on any atom is -0.496 e. The molecule has 0 saturated heterocycles. The average molecular weight is 311 g/mol. The number of halogens is 1. The van der Waals surface area contributed by atoms with Gasteiger partial charge < -0.3 is 4.74 Å². The summed E-state index contributed by atoms with van der Waals surface area (Å²) in [5, 5.41) is 0. The Balaban J connectivity index is 2.34. The molecule has 1 unspecified atom stereocenters. The molecule has 1 aromatic carbocycles. The van der Waals surface area contributed by atoms with Crippen LogP contribution in [0.25, 0.3) is 0 Å². The van der Waals surface area contributed by atoms with E-state index in [9.17, 15) is 0 Å². The maximum atomic E-state index is 5.36. The highest BCUT2D eigenvalue weighted by molar-refractivity contribution is 9.09. The second-order valence-corrected chi connectivity index (χ2v) is 6.28. The predicted molar refractivity (Wildman–Crippen MR) is 77.6 cm³/mol. The van der Waals surface area contributed by atoms with E-state index in [2.05, 4.69) is 60.1 Å². The maximum absolute atomic E-state index is 5.36. The summed E-state index contributed by atoms with van der Waals surface area (Å²) in [6.45, 7) is 4.19. The van der Waals surface area contributed by atoms with Crippen molar-refractivity contribution in [1.29, 1.82) is 0 Å². The van der Waals surface area contributed by atoms with Crippen molar-refractivity contribution in [1.82, 2.24) is 0 Å². The van der Waals surface area contributed by atoms with Gasteiger partial charge in [0.25, 0.3) is 0 Å². The summed E-state index contributed by atoms with van der Waals surface area (Å²) in [6, 6.07) is 10.7. The number of ether oxygens (including phenoxy) is 1. The lowest BCUT2D eigenvalue weighted by atomic mass is 10.1. The zero-order valence-electron chi connectivity index (χ0n) is 10.2. The third kappa shape index (κ3) is 2.72. The van der Waals surface area contributed by atoms with Crippen LogP contribution >= 0.6 is 27.3 Å². The maximum Gasteiger partial charge on any atom is 0.122 e. The number of benzene rings is 1. The summed E-state index contributed by atoms with van der Waals surface area (Å²) >= 11 is 5.57. The first-order valence-electron chi connectivity index (χ1n) is 5.46. The first kappa shape index (κ1) is 12.7. The Bertz CT molecular complexity index is 519.